The van der Waals surface area contributed by atoms with Crippen molar-refractivity contribution in [3.05, 3.63) is 35.9 Å². The monoisotopic (exact) mass is 268 g/mol. The van der Waals surface area contributed by atoms with Crippen LogP contribution in [-0.4, -0.2) is 22.2 Å². The molecule has 0 spiro atoms. The van der Waals surface area contributed by atoms with Gasteiger partial charge in [-0.3, -0.25) is 9.59 Å². The van der Waals surface area contributed by atoms with Crippen LogP contribution in [-0.2, 0) is 15.0 Å². The van der Waals surface area contributed by atoms with Gasteiger partial charge in [0.15, 0.2) is 0 Å². The fourth-order valence-corrected chi connectivity index (χ4v) is 1.02. The van der Waals surface area contributed by atoms with E-state index < -0.39 is 18.4 Å². The number of carbonyl (C=O) groups is 2. The molecule has 0 unspecified atom stereocenters. The van der Waals surface area contributed by atoms with Gasteiger partial charge >= 0.3 is 60.4 Å². The molecule has 6 heteroatoms. The molecule has 0 bridgehead atoms. The van der Waals surface area contributed by atoms with Crippen molar-refractivity contribution in [3.63, 3.8) is 0 Å². The molecule has 19 heavy (non-hydrogen) atoms. The molecule has 4 nitrogen and oxygen atoms in total. The van der Waals surface area contributed by atoms with Crippen molar-refractivity contribution in [2.45, 2.75) is 32.6 Å². The van der Waals surface area contributed by atoms with Gasteiger partial charge in [0, 0.05) is 0 Å². The van der Waals surface area contributed by atoms with Crippen LogP contribution in [0.4, 0.5) is 0 Å². The summed E-state index contributed by atoms with van der Waals surface area (Å²) >= 11 is 0. The van der Waals surface area contributed by atoms with Gasteiger partial charge in [0.05, 0.1) is 0 Å². The minimum Gasteiger partial charge on any atom is -1.00 e. The smallest absolute Gasteiger partial charge is 1.00 e. The van der Waals surface area contributed by atoms with Crippen molar-refractivity contribution in [2.75, 3.05) is 0 Å². The topological polar surface area (TPSA) is 74.6 Å². The van der Waals surface area contributed by atoms with Crippen molar-refractivity contribution in [1.82, 2.24) is 0 Å². The molecule has 0 aliphatic heterocycles. The molecule has 0 saturated carbocycles. The van der Waals surface area contributed by atoms with E-state index in [9.17, 15) is 9.59 Å². The van der Waals surface area contributed by atoms with E-state index in [0.29, 0.717) is 0 Å². The molecule has 0 fully saturated rings. The number of hydrogen-bond donors (Lipinski definition) is 2. The van der Waals surface area contributed by atoms with Crippen LogP contribution in [0.2, 0.25) is 0 Å². The second kappa shape index (κ2) is 11.6. The van der Waals surface area contributed by atoms with Gasteiger partial charge < -0.3 is 11.6 Å². The van der Waals surface area contributed by atoms with Crippen molar-refractivity contribution < 1.29 is 69.6 Å². The van der Waals surface area contributed by atoms with Gasteiger partial charge in [-0.05, 0) is 5.41 Å². The summed E-state index contributed by atoms with van der Waals surface area (Å²) in [7, 11) is 0. The predicted octanol–water partition coefficient (Wildman–Crippen LogP) is -3.55. The molecule has 2 N–H and O–H groups in total. The number of carboxylic acids is 2. The molecular formula is C13H18LiNaO4. The zero-order chi connectivity index (χ0) is 13.5. The number of carboxylic acid groups (broad SMARTS) is 2. The summed E-state index contributed by atoms with van der Waals surface area (Å²) in [5.74, 6) is -2.62. The zero-order valence-electron chi connectivity index (χ0n) is 13.2. The summed E-state index contributed by atoms with van der Waals surface area (Å²) in [4.78, 5) is 18.9. The zero-order valence-corrected chi connectivity index (χ0v) is 14.2. The largest absolute Gasteiger partial charge is 1.00 e. The molecule has 0 aliphatic rings. The molecular weight excluding hydrogens is 250 g/mol. The number of rotatable bonds is 2. The molecule has 1 rings (SSSR count). The summed E-state index contributed by atoms with van der Waals surface area (Å²) < 4.78 is 0. The van der Waals surface area contributed by atoms with Crippen LogP contribution < -0.4 is 48.4 Å². The van der Waals surface area contributed by atoms with Gasteiger partial charge in [0.25, 0.3) is 0 Å². The normalized spacial score (nSPS) is 9.00. The molecule has 0 aromatic heterocycles. The third-order valence-electron chi connectivity index (χ3n) is 1.89. The second-order valence-electron chi connectivity index (χ2n) is 4.50. The molecule has 0 radical (unpaired) electrons. The van der Waals surface area contributed by atoms with Crippen LogP contribution in [0.5, 0.6) is 0 Å². The van der Waals surface area contributed by atoms with Gasteiger partial charge in [0.2, 0.25) is 0 Å². The Kier molecular flexibility index (Phi) is 14.5. The Balaban J connectivity index is -0.000000117. The maximum Gasteiger partial charge on any atom is 1.00 e. The third-order valence-corrected chi connectivity index (χ3v) is 1.89. The van der Waals surface area contributed by atoms with Gasteiger partial charge in [-0.1, -0.05) is 20.8 Å². The average molecular weight is 268 g/mol. The summed E-state index contributed by atoms with van der Waals surface area (Å²) in [6, 6.07) is 11.1. The van der Waals surface area contributed by atoms with Crippen molar-refractivity contribution in [1.29, 1.82) is 0 Å². The Morgan fingerprint density at radius 3 is 1.68 bits per heavy atom. The van der Waals surface area contributed by atoms with Crippen molar-refractivity contribution >= 4 is 11.9 Å². The molecule has 1 aromatic carbocycles. The van der Waals surface area contributed by atoms with Crippen LogP contribution in [0.15, 0.2) is 24.3 Å². The first-order chi connectivity index (χ1) is 7.73. The summed E-state index contributed by atoms with van der Waals surface area (Å²) in [5.41, 5.74) is 1.64. The minimum atomic E-state index is -1.31. The maximum atomic E-state index is 9.43. The van der Waals surface area contributed by atoms with Crippen molar-refractivity contribution in [2.24, 2.45) is 0 Å². The van der Waals surface area contributed by atoms with Crippen LogP contribution in [0, 0.1) is 6.07 Å². The minimum absolute atomic E-state index is 0. The fraction of sp³-hybridized carbons (Fsp3) is 0.385. The molecule has 0 amide bonds. The molecule has 0 atom stereocenters. The standard InChI is InChI=1S/C10H13.C3H4O4.Li.Na.H/c1-10(2,3)9-7-5-4-6-8-9;4-2(5)1-3(6)7;;;/h5-8H,1-3H3;1H2,(H,4,5)(H,6,7);;;/q-1;;2*+1;-1. The Hall–Kier alpha value is -0.243. The Bertz CT molecular complexity index is 368. The Morgan fingerprint density at radius 2 is 1.53 bits per heavy atom. The molecule has 1 aromatic rings. The van der Waals surface area contributed by atoms with E-state index in [-0.39, 0.29) is 55.3 Å². The summed E-state index contributed by atoms with van der Waals surface area (Å²) in [6.45, 7) is 6.63. The summed E-state index contributed by atoms with van der Waals surface area (Å²) in [5, 5.41) is 15.4. The first-order valence-electron chi connectivity index (χ1n) is 5.13. The first kappa shape index (κ1) is 23.8. The third kappa shape index (κ3) is 14.0. The van der Waals surface area contributed by atoms with E-state index in [1.54, 1.807) is 0 Å². The number of benzene rings is 1. The number of hydrogen-bond acceptors (Lipinski definition) is 2. The van der Waals surface area contributed by atoms with E-state index in [0.717, 1.165) is 0 Å². The van der Waals surface area contributed by atoms with Crippen LogP contribution in [0.25, 0.3) is 0 Å². The second-order valence-corrected chi connectivity index (χ2v) is 4.50. The van der Waals surface area contributed by atoms with Gasteiger partial charge in [-0.15, -0.1) is 0 Å². The number of aliphatic carboxylic acids is 2. The Labute approximate surface area is 149 Å². The van der Waals surface area contributed by atoms with Gasteiger partial charge in [-0.2, -0.15) is 35.9 Å². The maximum absolute atomic E-state index is 9.43. The SMILES string of the molecule is CC(C)(C)c1cc[c-]cc1.O=C(O)CC(=O)O.[H-].[Li+].[Na+]. The average Bonchev–Trinajstić information content (AvgIpc) is 2.16. The van der Waals surface area contributed by atoms with E-state index in [2.05, 4.69) is 39.0 Å². The van der Waals surface area contributed by atoms with E-state index in [1.165, 1.54) is 5.56 Å². The summed E-state index contributed by atoms with van der Waals surface area (Å²) in [6.07, 6.45) is -0.806. The molecule has 0 aliphatic carbocycles. The fourth-order valence-electron chi connectivity index (χ4n) is 1.02. The van der Waals surface area contributed by atoms with Crippen LogP contribution in [0.3, 0.4) is 0 Å². The molecule has 0 heterocycles. The van der Waals surface area contributed by atoms with Crippen LogP contribution >= 0.6 is 0 Å². The van der Waals surface area contributed by atoms with E-state index in [4.69, 9.17) is 10.2 Å². The van der Waals surface area contributed by atoms with Crippen molar-refractivity contribution in [3.8, 4) is 0 Å². The first-order valence-corrected chi connectivity index (χ1v) is 5.13. The van der Waals surface area contributed by atoms with E-state index >= 15 is 0 Å². The predicted molar refractivity (Wildman–Crippen MR) is 65.0 cm³/mol. The quantitative estimate of drug-likeness (QED) is 0.331. The van der Waals surface area contributed by atoms with E-state index in [1.807, 2.05) is 12.1 Å². The van der Waals surface area contributed by atoms with Gasteiger partial charge in [0.1, 0.15) is 6.42 Å². The Morgan fingerprint density at radius 1 is 1.16 bits per heavy atom. The molecule has 96 valence electrons. The molecule has 0 saturated heterocycles. The van der Waals surface area contributed by atoms with Crippen LogP contribution in [0.1, 0.15) is 34.2 Å². The van der Waals surface area contributed by atoms with Gasteiger partial charge in [-0.25, -0.2) is 0 Å².